The van der Waals surface area contributed by atoms with Crippen LogP contribution in [0.4, 0.5) is 0 Å². The Kier molecular flexibility index (Phi) is 13.0. The van der Waals surface area contributed by atoms with Crippen LogP contribution in [-0.2, 0) is 4.79 Å². The zero-order valence-electron chi connectivity index (χ0n) is 19.1. The summed E-state index contributed by atoms with van der Waals surface area (Å²) in [5, 5.41) is 6.76. The number of guanidine groups is 1. The lowest BCUT2D eigenvalue weighted by molar-refractivity contribution is -0.130. The molecule has 0 aromatic heterocycles. The Balaban J connectivity index is 0.00000450. The number of nitrogens with one attached hydrogen (secondary N) is 2. The lowest BCUT2D eigenvalue weighted by Crippen LogP contribution is -2.40. The third-order valence-electron chi connectivity index (χ3n) is 5.42. The average Bonchev–Trinajstić information content (AvgIpc) is 2.90. The maximum atomic E-state index is 12.1. The monoisotopic (exact) mass is 529 g/mol. The molecule has 1 fully saturated rings. The number of rotatable bonds is 9. The van der Waals surface area contributed by atoms with E-state index in [4.69, 9.17) is 4.99 Å². The summed E-state index contributed by atoms with van der Waals surface area (Å²) in [6, 6.07) is 8.93. The second-order valence-electron chi connectivity index (χ2n) is 8.08. The summed E-state index contributed by atoms with van der Waals surface area (Å²) in [5.74, 6) is 1.16. The summed E-state index contributed by atoms with van der Waals surface area (Å²) >= 11 is 0. The van der Waals surface area contributed by atoms with E-state index >= 15 is 0 Å². The van der Waals surface area contributed by atoms with Crippen LogP contribution in [0.1, 0.15) is 56.2 Å². The molecule has 0 saturated carbocycles. The van der Waals surface area contributed by atoms with Gasteiger partial charge in [-0.1, -0.05) is 36.2 Å². The van der Waals surface area contributed by atoms with Gasteiger partial charge in [0, 0.05) is 32.6 Å². The van der Waals surface area contributed by atoms with Crippen molar-refractivity contribution in [2.75, 3.05) is 46.8 Å². The van der Waals surface area contributed by atoms with Crippen LogP contribution < -0.4 is 10.6 Å². The molecule has 1 saturated heterocycles. The van der Waals surface area contributed by atoms with Crippen LogP contribution in [0.3, 0.4) is 0 Å². The maximum Gasteiger partial charge on any atom is 0.222 e. The first-order chi connectivity index (χ1) is 14.0. The number of nitrogens with zero attached hydrogens (tertiary/aromatic N) is 3. The van der Waals surface area contributed by atoms with E-state index in [0.717, 1.165) is 51.4 Å². The van der Waals surface area contributed by atoms with Gasteiger partial charge >= 0.3 is 0 Å². The molecule has 0 radical (unpaired) electrons. The molecule has 0 aliphatic carbocycles. The molecule has 2 N–H and O–H groups in total. The fraction of sp³-hybridized carbons (Fsp3) is 0.652. The number of halogens is 1. The number of aliphatic imine (C=N–C) groups is 1. The van der Waals surface area contributed by atoms with Gasteiger partial charge in [0.15, 0.2) is 5.96 Å². The fourth-order valence-electron chi connectivity index (χ4n) is 3.63. The molecule has 7 heteroatoms. The molecule has 30 heavy (non-hydrogen) atoms. The number of amides is 1. The normalized spacial score (nSPS) is 16.1. The van der Waals surface area contributed by atoms with Crippen molar-refractivity contribution in [2.24, 2.45) is 4.99 Å². The topological polar surface area (TPSA) is 60.0 Å². The Labute approximate surface area is 199 Å². The minimum atomic E-state index is 0. The highest BCUT2D eigenvalue weighted by atomic mass is 127. The van der Waals surface area contributed by atoms with Gasteiger partial charge in [-0.2, -0.15) is 0 Å². The second-order valence-corrected chi connectivity index (χ2v) is 8.08. The van der Waals surface area contributed by atoms with E-state index in [0.29, 0.717) is 18.9 Å². The number of carbonyl (C=O) groups is 1. The largest absolute Gasteiger partial charge is 0.357 e. The third kappa shape index (κ3) is 9.20. The molecule has 1 aliphatic heterocycles. The molecule has 1 aromatic carbocycles. The molecule has 1 aliphatic rings. The molecule has 170 valence electrons. The quantitative estimate of drug-likeness (QED) is 0.222. The Morgan fingerprint density at radius 3 is 2.57 bits per heavy atom. The van der Waals surface area contributed by atoms with Gasteiger partial charge in [0.25, 0.3) is 0 Å². The Morgan fingerprint density at radius 2 is 1.90 bits per heavy atom. The van der Waals surface area contributed by atoms with Crippen molar-refractivity contribution in [3.8, 4) is 0 Å². The molecule has 0 bridgehead atoms. The molecule has 2 rings (SSSR count). The molecule has 1 atom stereocenters. The predicted octanol–water partition coefficient (Wildman–Crippen LogP) is 3.56. The van der Waals surface area contributed by atoms with Crippen LogP contribution in [0, 0.1) is 6.92 Å². The number of likely N-dealkylation sites (N-methyl/N-ethyl adjacent to an activating group) is 1. The van der Waals surface area contributed by atoms with Crippen LogP contribution in [0.25, 0.3) is 0 Å². The van der Waals surface area contributed by atoms with Crippen molar-refractivity contribution in [3.63, 3.8) is 0 Å². The zero-order valence-corrected chi connectivity index (χ0v) is 21.4. The number of carbonyl (C=O) groups excluding carboxylic acids is 1. The Hall–Kier alpha value is -1.35. The average molecular weight is 530 g/mol. The molecular formula is C23H40IN5O. The molecule has 1 unspecified atom stereocenters. The van der Waals surface area contributed by atoms with E-state index in [9.17, 15) is 4.79 Å². The molecular weight excluding hydrogens is 489 g/mol. The van der Waals surface area contributed by atoms with Gasteiger partial charge in [-0.25, -0.2) is 0 Å². The first-order valence-electron chi connectivity index (χ1n) is 11.0. The summed E-state index contributed by atoms with van der Waals surface area (Å²) in [7, 11) is 4.19. The van der Waals surface area contributed by atoms with Crippen LogP contribution in [0.5, 0.6) is 0 Å². The zero-order chi connectivity index (χ0) is 21.1. The van der Waals surface area contributed by atoms with Gasteiger partial charge in [-0.15, -0.1) is 24.0 Å². The van der Waals surface area contributed by atoms with Crippen molar-refractivity contribution in [2.45, 2.75) is 52.0 Å². The smallest absolute Gasteiger partial charge is 0.222 e. The van der Waals surface area contributed by atoms with E-state index in [2.05, 4.69) is 67.7 Å². The number of benzene rings is 1. The van der Waals surface area contributed by atoms with Gasteiger partial charge < -0.3 is 20.4 Å². The highest BCUT2D eigenvalue weighted by molar-refractivity contribution is 14.0. The molecule has 0 spiro atoms. The standard InChI is InChI=1S/C23H39N5O.HI/c1-5-24-23(25-15-9-17-28-16-8-6-7-10-22(28)29)26-18-21(27(3)4)20-13-11-19(2)12-14-20;/h11-14,21H,5-10,15-18H2,1-4H3,(H2,24,25,26);1H. The van der Waals surface area contributed by atoms with Gasteiger partial charge in [-0.05, 0) is 52.8 Å². The van der Waals surface area contributed by atoms with Crippen LogP contribution in [-0.4, -0.2) is 68.5 Å². The SMILES string of the molecule is CCNC(=NCC(c1ccc(C)cc1)N(C)C)NCCCN1CCCCCC1=O.I. The minimum absolute atomic E-state index is 0. The van der Waals surface area contributed by atoms with Crippen LogP contribution >= 0.6 is 24.0 Å². The predicted molar refractivity (Wildman–Crippen MR) is 137 cm³/mol. The van der Waals surface area contributed by atoms with E-state index in [1.54, 1.807) is 0 Å². The summed E-state index contributed by atoms with van der Waals surface area (Å²) in [4.78, 5) is 21.2. The summed E-state index contributed by atoms with van der Waals surface area (Å²) in [6.45, 7) is 8.26. The molecule has 1 aromatic rings. The Morgan fingerprint density at radius 1 is 1.17 bits per heavy atom. The molecule has 1 heterocycles. The van der Waals surface area contributed by atoms with Gasteiger partial charge in [0.1, 0.15) is 0 Å². The first kappa shape index (κ1) is 26.7. The third-order valence-corrected chi connectivity index (χ3v) is 5.42. The van der Waals surface area contributed by atoms with Crippen molar-refractivity contribution >= 4 is 35.8 Å². The number of hydrogen-bond acceptors (Lipinski definition) is 3. The Bertz CT molecular complexity index is 647. The van der Waals surface area contributed by atoms with E-state index in [1.807, 2.05) is 4.90 Å². The second kappa shape index (κ2) is 14.6. The highest BCUT2D eigenvalue weighted by Crippen LogP contribution is 2.19. The van der Waals surface area contributed by atoms with Gasteiger partial charge in [-0.3, -0.25) is 9.79 Å². The van der Waals surface area contributed by atoms with Crippen molar-refractivity contribution in [1.82, 2.24) is 20.4 Å². The van der Waals surface area contributed by atoms with Crippen LogP contribution in [0.2, 0.25) is 0 Å². The van der Waals surface area contributed by atoms with Crippen molar-refractivity contribution in [1.29, 1.82) is 0 Å². The molecule has 6 nitrogen and oxygen atoms in total. The lowest BCUT2D eigenvalue weighted by Gasteiger charge is -2.24. The van der Waals surface area contributed by atoms with E-state index in [-0.39, 0.29) is 30.0 Å². The number of hydrogen-bond donors (Lipinski definition) is 2. The number of aryl methyl sites for hydroxylation is 1. The van der Waals surface area contributed by atoms with E-state index in [1.165, 1.54) is 17.5 Å². The van der Waals surface area contributed by atoms with E-state index < -0.39 is 0 Å². The minimum Gasteiger partial charge on any atom is -0.357 e. The first-order valence-corrected chi connectivity index (χ1v) is 11.0. The number of likely N-dealkylation sites (tertiary alicyclic amines) is 1. The summed E-state index contributed by atoms with van der Waals surface area (Å²) in [5.41, 5.74) is 2.55. The fourth-order valence-corrected chi connectivity index (χ4v) is 3.63. The van der Waals surface area contributed by atoms with Gasteiger partial charge in [0.2, 0.25) is 5.91 Å². The van der Waals surface area contributed by atoms with Crippen molar-refractivity contribution in [3.05, 3.63) is 35.4 Å². The lowest BCUT2D eigenvalue weighted by atomic mass is 10.0. The van der Waals surface area contributed by atoms with Gasteiger partial charge in [0.05, 0.1) is 12.6 Å². The van der Waals surface area contributed by atoms with Crippen LogP contribution in [0.15, 0.2) is 29.3 Å². The molecule has 1 amide bonds. The summed E-state index contributed by atoms with van der Waals surface area (Å²) < 4.78 is 0. The highest BCUT2D eigenvalue weighted by Gasteiger charge is 2.16. The maximum absolute atomic E-state index is 12.1. The van der Waals surface area contributed by atoms with Crippen molar-refractivity contribution < 1.29 is 4.79 Å². The summed E-state index contributed by atoms with van der Waals surface area (Å²) in [6.07, 6.45) is 4.99.